The molecule has 8 heteroatoms. The summed E-state index contributed by atoms with van der Waals surface area (Å²) < 4.78 is 16.2. The summed E-state index contributed by atoms with van der Waals surface area (Å²) in [5.74, 6) is 1.78. The quantitative estimate of drug-likeness (QED) is 0.352. The Hall–Kier alpha value is -1.26. The minimum absolute atomic E-state index is 0. The lowest BCUT2D eigenvalue weighted by molar-refractivity contribution is -0.0333. The number of anilines is 1. The van der Waals surface area contributed by atoms with Crippen LogP contribution in [0, 0.1) is 0 Å². The van der Waals surface area contributed by atoms with Crippen LogP contribution < -0.4 is 20.5 Å². The second-order valence-electron chi connectivity index (χ2n) is 7.28. The number of morpholine rings is 1. The van der Waals surface area contributed by atoms with Crippen LogP contribution in [0.4, 0.5) is 5.69 Å². The number of nitrogens with zero attached hydrogens (tertiary/aromatic N) is 2. The van der Waals surface area contributed by atoms with Gasteiger partial charge >= 0.3 is 0 Å². The fourth-order valence-corrected chi connectivity index (χ4v) is 4.16. The van der Waals surface area contributed by atoms with Gasteiger partial charge in [0.1, 0.15) is 0 Å². The van der Waals surface area contributed by atoms with E-state index in [0.717, 1.165) is 38.5 Å². The van der Waals surface area contributed by atoms with Gasteiger partial charge in [0.25, 0.3) is 0 Å². The van der Waals surface area contributed by atoms with Crippen molar-refractivity contribution in [3.05, 3.63) is 18.2 Å². The summed E-state index contributed by atoms with van der Waals surface area (Å²) in [4.78, 5) is 7.29. The second-order valence-corrected chi connectivity index (χ2v) is 7.28. The predicted molar refractivity (Wildman–Crippen MR) is 123 cm³/mol. The van der Waals surface area contributed by atoms with Gasteiger partial charge in [0.15, 0.2) is 17.5 Å². The van der Waals surface area contributed by atoms with Gasteiger partial charge in [-0.3, -0.25) is 9.89 Å². The largest absolute Gasteiger partial charge is 0.493 e. The second kappa shape index (κ2) is 11.1. The van der Waals surface area contributed by atoms with Crippen LogP contribution in [0.15, 0.2) is 23.2 Å². The van der Waals surface area contributed by atoms with Crippen molar-refractivity contribution in [2.45, 2.75) is 37.6 Å². The average Bonchev–Trinajstić information content (AvgIpc) is 2.73. The Kier molecular flexibility index (Phi) is 9.10. The van der Waals surface area contributed by atoms with Crippen LogP contribution in [0.2, 0.25) is 0 Å². The number of guanidine groups is 1. The number of ether oxygens (including phenoxy) is 3. The molecule has 7 nitrogen and oxygen atoms in total. The zero-order valence-corrected chi connectivity index (χ0v) is 19.2. The molecule has 0 bridgehead atoms. The van der Waals surface area contributed by atoms with Crippen molar-refractivity contribution in [3.63, 3.8) is 0 Å². The molecule has 1 aromatic carbocycles. The number of nitrogens with one attached hydrogen (secondary N) is 1. The third-order valence-electron chi connectivity index (χ3n) is 5.67. The molecular formula is C20H33IN4O3. The van der Waals surface area contributed by atoms with Crippen molar-refractivity contribution in [2.75, 3.05) is 52.4 Å². The van der Waals surface area contributed by atoms with Gasteiger partial charge < -0.3 is 25.3 Å². The van der Waals surface area contributed by atoms with Crippen LogP contribution in [-0.2, 0) is 4.74 Å². The average molecular weight is 504 g/mol. The van der Waals surface area contributed by atoms with E-state index in [9.17, 15) is 0 Å². The van der Waals surface area contributed by atoms with E-state index >= 15 is 0 Å². The zero-order valence-electron chi connectivity index (χ0n) is 16.9. The van der Waals surface area contributed by atoms with Gasteiger partial charge in [-0.1, -0.05) is 19.3 Å². The van der Waals surface area contributed by atoms with E-state index in [0.29, 0.717) is 17.5 Å². The third-order valence-corrected chi connectivity index (χ3v) is 5.67. The number of aliphatic imine (C=N–C) groups is 1. The van der Waals surface area contributed by atoms with Gasteiger partial charge in [-0.05, 0) is 25.0 Å². The van der Waals surface area contributed by atoms with Gasteiger partial charge in [0.2, 0.25) is 0 Å². The normalized spacial score (nSPS) is 20.1. The standard InChI is InChI=1S/C20H32N4O3.HI/c1-25-17-7-6-16(14-18(17)26-2)23-19(21)22-15-20(8-4-3-5-9-20)24-10-12-27-13-11-24;/h6-7,14H,3-5,8-13,15H2,1-2H3,(H3,21,22,23);1H. The maximum Gasteiger partial charge on any atom is 0.193 e. The first kappa shape index (κ1) is 23.0. The van der Waals surface area contributed by atoms with Crippen LogP contribution in [-0.4, -0.2) is 63.5 Å². The highest BCUT2D eigenvalue weighted by molar-refractivity contribution is 14.0. The Balaban J connectivity index is 0.00000280. The minimum atomic E-state index is 0. The summed E-state index contributed by atoms with van der Waals surface area (Å²) in [6.07, 6.45) is 6.20. The molecular weight excluding hydrogens is 471 g/mol. The number of rotatable bonds is 6. The van der Waals surface area contributed by atoms with Gasteiger partial charge in [-0.25, -0.2) is 0 Å². The van der Waals surface area contributed by atoms with Crippen LogP contribution in [0.5, 0.6) is 11.5 Å². The van der Waals surface area contributed by atoms with Crippen molar-refractivity contribution in [3.8, 4) is 11.5 Å². The van der Waals surface area contributed by atoms with E-state index in [4.69, 9.17) is 24.9 Å². The molecule has 0 spiro atoms. The first-order chi connectivity index (χ1) is 13.2. The molecule has 1 saturated carbocycles. The van der Waals surface area contributed by atoms with Gasteiger partial charge in [0.05, 0.1) is 34.0 Å². The van der Waals surface area contributed by atoms with Gasteiger partial charge in [0, 0.05) is 30.4 Å². The Morgan fingerprint density at radius 2 is 1.82 bits per heavy atom. The Morgan fingerprint density at radius 1 is 1.14 bits per heavy atom. The SMILES string of the molecule is COc1ccc(NC(N)=NCC2(N3CCOCC3)CCCCC2)cc1OC.I. The third kappa shape index (κ3) is 5.64. The smallest absolute Gasteiger partial charge is 0.193 e. The number of nitrogens with two attached hydrogens (primary N) is 1. The van der Waals surface area contributed by atoms with Crippen LogP contribution in [0.25, 0.3) is 0 Å². The van der Waals surface area contributed by atoms with E-state index in [1.165, 1.54) is 32.1 Å². The van der Waals surface area contributed by atoms with Gasteiger partial charge in [-0.15, -0.1) is 24.0 Å². The van der Waals surface area contributed by atoms with E-state index in [1.54, 1.807) is 14.2 Å². The molecule has 0 atom stereocenters. The molecule has 0 amide bonds. The summed E-state index contributed by atoms with van der Waals surface area (Å²) in [5.41, 5.74) is 7.15. The molecule has 28 heavy (non-hydrogen) atoms. The number of halogens is 1. The van der Waals surface area contributed by atoms with Crippen LogP contribution in [0.3, 0.4) is 0 Å². The molecule has 1 aliphatic carbocycles. The van der Waals surface area contributed by atoms with E-state index in [-0.39, 0.29) is 29.5 Å². The highest BCUT2D eigenvalue weighted by Crippen LogP contribution is 2.35. The number of benzene rings is 1. The van der Waals surface area contributed by atoms with Crippen molar-refractivity contribution in [2.24, 2.45) is 10.7 Å². The number of methoxy groups -OCH3 is 2. The molecule has 1 aromatic rings. The molecule has 3 N–H and O–H groups in total. The lowest BCUT2D eigenvalue weighted by atomic mass is 9.80. The Morgan fingerprint density at radius 3 is 2.46 bits per heavy atom. The summed E-state index contributed by atoms with van der Waals surface area (Å²) >= 11 is 0. The predicted octanol–water partition coefficient (Wildman–Crippen LogP) is 3.08. The number of hydrogen-bond acceptors (Lipinski definition) is 5. The zero-order chi connectivity index (χ0) is 19.1. The monoisotopic (exact) mass is 504 g/mol. The highest BCUT2D eigenvalue weighted by Gasteiger charge is 2.38. The topological polar surface area (TPSA) is 81.3 Å². The molecule has 158 valence electrons. The summed E-state index contributed by atoms with van der Waals surface area (Å²) in [6, 6.07) is 5.62. The summed E-state index contributed by atoms with van der Waals surface area (Å²) in [5, 5.41) is 3.18. The molecule has 0 radical (unpaired) electrons. The molecule has 1 saturated heterocycles. The molecule has 0 aromatic heterocycles. The number of hydrogen-bond donors (Lipinski definition) is 2. The van der Waals surface area contributed by atoms with E-state index in [1.807, 2.05) is 18.2 Å². The van der Waals surface area contributed by atoms with Crippen LogP contribution >= 0.6 is 24.0 Å². The first-order valence-electron chi connectivity index (χ1n) is 9.79. The fourth-order valence-electron chi connectivity index (χ4n) is 4.16. The lowest BCUT2D eigenvalue weighted by Crippen LogP contribution is -2.56. The highest BCUT2D eigenvalue weighted by atomic mass is 127. The fraction of sp³-hybridized carbons (Fsp3) is 0.650. The Bertz CT molecular complexity index is 644. The maximum atomic E-state index is 6.20. The first-order valence-corrected chi connectivity index (χ1v) is 9.79. The molecule has 2 aliphatic rings. The van der Waals surface area contributed by atoms with Crippen molar-refractivity contribution < 1.29 is 14.2 Å². The lowest BCUT2D eigenvalue weighted by Gasteiger charge is -2.47. The molecule has 1 aliphatic heterocycles. The molecule has 3 rings (SSSR count). The molecule has 1 heterocycles. The van der Waals surface area contributed by atoms with E-state index in [2.05, 4.69) is 10.2 Å². The maximum absolute atomic E-state index is 6.20. The minimum Gasteiger partial charge on any atom is -0.493 e. The van der Waals surface area contributed by atoms with Crippen LogP contribution in [0.1, 0.15) is 32.1 Å². The van der Waals surface area contributed by atoms with Crippen molar-refractivity contribution >= 4 is 35.6 Å². The van der Waals surface area contributed by atoms with Crippen molar-refractivity contribution in [1.82, 2.24) is 4.90 Å². The van der Waals surface area contributed by atoms with Gasteiger partial charge in [-0.2, -0.15) is 0 Å². The Labute approximate surface area is 185 Å². The molecule has 2 fully saturated rings. The van der Waals surface area contributed by atoms with Crippen molar-refractivity contribution in [1.29, 1.82) is 0 Å². The molecule has 0 unspecified atom stereocenters. The summed E-state index contributed by atoms with van der Waals surface area (Å²) in [7, 11) is 3.24. The van der Waals surface area contributed by atoms with E-state index < -0.39 is 0 Å². The summed E-state index contributed by atoms with van der Waals surface area (Å²) in [6.45, 7) is 4.31.